The highest BCUT2D eigenvalue weighted by Crippen LogP contribution is 2.20. The van der Waals surface area contributed by atoms with Gasteiger partial charge in [-0.05, 0) is 50.1 Å². The smallest absolute Gasteiger partial charge is 0.0690 e. The van der Waals surface area contributed by atoms with Gasteiger partial charge in [-0.1, -0.05) is 23.8 Å². The lowest BCUT2D eigenvalue weighted by Crippen LogP contribution is -2.30. The summed E-state index contributed by atoms with van der Waals surface area (Å²) in [6.07, 6.45) is 7.58. The van der Waals surface area contributed by atoms with E-state index in [9.17, 15) is 0 Å². The van der Waals surface area contributed by atoms with E-state index in [1.165, 1.54) is 16.7 Å². The number of pyridine rings is 1. The average Bonchev–Trinajstić information content (AvgIpc) is 3.09. The first-order valence-corrected chi connectivity index (χ1v) is 8.36. The second-order valence-electron chi connectivity index (χ2n) is 6.44. The minimum Gasteiger partial charge on any atom is -0.292 e. The van der Waals surface area contributed by atoms with Crippen molar-refractivity contribution < 1.29 is 0 Å². The summed E-state index contributed by atoms with van der Waals surface area (Å²) in [6, 6.07) is 13.1. The van der Waals surface area contributed by atoms with Gasteiger partial charge in [-0.3, -0.25) is 9.88 Å². The van der Waals surface area contributed by atoms with E-state index in [4.69, 9.17) is 0 Å². The predicted molar refractivity (Wildman–Crippen MR) is 96.9 cm³/mol. The molecular formula is C20H24N4. The van der Waals surface area contributed by atoms with Gasteiger partial charge < -0.3 is 0 Å². The molecule has 0 fully saturated rings. The van der Waals surface area contributed by atoms with E-state index in [1.54, 1.807) is 0 Å². The molecule has 3 aromatic rings. The van der Waals surface area contributed by atoms with Crippen molar-refractivity contribution in [2.24, 2.45) is 0 Å². The van der Waals surface area contributed by atoms with Crippen LogP contribution in [0.15, 0.2) is 61.2 Å². The maximum atomic E-state index is 4.40. The van der Waals surface area contributed by atoms with Crippen LogP contribution in [0.4, 0.5) is 0 Å². The van der Waals surface area contributed by atoms with Crippen LogP contribution in [0.3, 0.4) is 0 Å². The number of benzene rings is 1. The fourth-order valence-electron chi connectivity index (χ4n) is 2.84. The maximum absolute atomic E-state index is 4.40. The molecule has 0 aliphatic rings. The molecule has 1 aromatic carbocycles. The zero-order chi connectivity index (χ0) is 16.9. The van der Waals surface area contributed by atoms with Gasteiger partial charge in [0.25, 0.3) is 0 Å². The summed E-state index contributed by atoms with van der Waals surface area (Å²) in [5.41, 5.74) is 4.93. The number of hydrogen-bond donors (Lipinski definition) is 0. The Hall–Kier alpha value is -2.46. The Morgan fingerprint density at radius 3 is 2.62 bits per heavy atom. The first-order valence-electron chi connectivity index (χ1n) is 8.36. The normalized spacial score (nSPS) is 11.4. The predicted octanol–water partition coefficient (Wildman–Crippen LogP) is 3.99. The Bertz CT molecular complexity index is 764. The Morgan fingerprint density at radius 2 is 1.96 bits per heavy atom. The third-order valence-corrected chi connectivity index (χ3v) is 4.20. The molecule has 0 amide bonds. The van der Waals surface area contributed by atoms with Gasteiger partial charge in [-0.2, -0.15) is 5.10 Å². The van der Waals surface area contributed by atoms with Gasteiger partial charge in [0.1, 0.15) is 0 Å². The van der Waals surface area contributed by atoms with Crippen LogP contribution >= 0.6 is 0 Å². The first-order chi connectivity index (χ1) is 11.6. The summed E-state index contributed by atoms with van der Waals surface area (Å²) in [7, 11) is 0. The number of aromatic nitrogens is 3. The molecular weight excluding hydrogens is 296 g/mol. The summed E-state index contributed by atoms with van der Waals surface area (Å²) in [5, 5.41) is 4.40. The second kappa shape index (κ2) is 7.41. The lowest BCUT2D eigenvalue weighted by atomic mass is 10.1. The quantitative estimate of drug-likeness (QED) is 0.689. The highest BCUT2D eigenvalue weighted by Gasteiger charge is 2.14. The molecule has 124 valence electrons. The fourth-order valence-corrected chi connectivity index (χ4v) is 2.84. The number of aryl methyl sites for hydroxylation is 1. The minimum atomic E-state index is 0.441. The van der Waals surface area contributed by atoms with E-state index in [-0.39, 0.29) is 0 Å². The van der Waals surface area contributed by atoms with E-state index in [2.05, 4.69) is 60.0 Å². The van der Waals surface area contributed by atoms with Crippen LogP contribution in [0.25, 0.3) is 5.69 Å². The lowest BCUT2D eigenvalue weighted by molar-refractivity contribution is 0.203. The molecule has 0 saturated carbocycles. The summed E-state index contributed by atoms with van der Waals surface area (Å²) in [5.74, 6) is 0. The van der Waals surface area contributed by atoms with Gasteiger partial charge in [-0.25, -0.2) is 4.68 Å². The number of rotatable bonds is 6. The molecule has 0 aliphatic heterocycles. The third-order valence-electron chi connectivity index (χ3n) is 4.20. The first kappa shape index (κ1) is 16.4. The van der Waals surface area contributed by atoms with Gasteiger partial charge in [0, 0.05) is 43.9 Å². The van der Waals surface area contributed by atoms with Crippen LogP contribution in [-0.2, 0) is 13.1 Å². The van der Waals surface area contributed by atoms with Crippen LogP contribution in [-0.4, -0.2) is 25.7 Å². The van der Waals surface area contributed by atoms with E-state index in [1.807, 2.05) is 41.6 Å². The van der Waals surface area contributed by atoms with Crippen LogP contribution in [0.2, 0.25) is 0 Å². The van der Waals surface area contributed by atoms with Gasteiger partial charge in [0.2, 0.25) is 0 Å². The maximum Gasteiger partial charge on any atom is 0.0690 e. The van der Waals surface area contributed by atoms with Crippen LogP contribution < -0.4 is 0 Å². The van der Waals surface area contributed by atoms with Gasteiger partial charge in [0.05, 0.1) is 5.69 Å². The van der Waals surface area contributed by atoms with Crippen LogP contribution in [0.1, 0.15) is 30.5 Å². The Kier molecular flexibility index (Phi) is 5.06. The molecule has 0 aliphatic carbocycles. The summed E-state index contributed by atoms with van der Waals surface area (Å²) >= 11 is 0. The van der Waals surface area contributed by atoms with Crippen molar-refractivity contribution >= 4 is 0 Å². The van der Waals surface area contributed by atoms with Crippen molar-refractivity contribution in [2.45, 2.75) is 39.9 Å². The van der Waals surface area contributed by atoms with Gasteiger partial charge in [-0.15, -0.1) is 0 Å². The molecule has 4 nitrogen and oxygen atoms in total. The standard InChI is InChI=1S/C20H24N4/c1-16(2)23(14-18-6-4-9-21-13-18)15-19-12-17(3)7-8-20(19)24-11-5-10-22-24/h4-13,16H,14-15H2,1-3H3. The molecule has 0 radical (unpaired) electrons. The van der Waals surface area contributed by atoms with Crippen molar-refractivity contribution in [1.82, 2.24) is 19.7 Å². The van der Waals surface area contributed by atoms with Crippen LogP contribution in [0.5, 0.6) is 0 Å². The average molecular weight is 320 g/mol. The SMILES string of the molecule is Cc1ccc(-n2cccn2)c(CN(Cc2cccnc2)C(C)C)c1. The van der Waals surface area contributed by atoms with E-state index in [0.29, 0.717) is 6.04 Å². The summed E-state index contributed by atoms with van der Waals surface area (Å²) in [6.45, 7) is 8.37. The van der Waals surface area contributed by atoms with Gasteiger partial charge >= 0.3 is 0 Å². The minimum absolute atomic E-state index is 0.441. The van der Waals surface area contributed by atoms with Crippen molar-refractivity contribution in [2.75, 3.05) is 0 Å². The lowest BCUT2D eigenvalue weighted by Gasteiger charge is -2.27. The fraction of sp³-hybridized carbons (Fsp3) is 0.300. The van der Waals surface area contributed by atoms with E-state index in [0.717, 1.165) is 18.8 Å². The molecule has 0 N–H and O–H groups in total. The monoisotopic (exact) mass is 320 g/mol. The molecule has 2 heterocycles. The zero-order valence-corrected chi connectivity index (χ0v) is 14.6. The summed E-state index contributed by atoms with van der Waals surface area (Å²) in [4.78, 5) is 6.69. The van der Waals surface area contributed by atoms with Crippen LogP contribution in [0, 0.1) is 6.92 Å². The molecule has 2 aromatic heterocycles. The Labute approximate surface area is 143 Å². The molecule has 0 atom stereocenters. The third kappa shape index (κ3) is 3.89. The Balaban J connectivity index is 1.88. The summed E-state index contributed by atoms with van der Waals surface area (Å²) < 4.78 is 1.94. The van der Waals surface area contributed by atoms with E-state index < -0.39 is 0 Å². The molecule has 24 heavy (non-hydrogen) atoms. The molecule has 4 heteroatoms. The molecule has 0 saturated heterocycles. The van der Waals surface area contributed by atoms with E-state index >= 15 is 0 Å². The number of hydrogen-bond acceptors (Lipinski definition) is 3. The molecule has 0 unspecified atom stereocenters. The van der Waals surface area contributed by atoms with Crippen molar-refractivity contribution in [1.29, 1.82) is 0 Å². The highest BCUT2D eigenvalue weighted by molar-refractivity contribution is 5.42. The van der Waals surface area contributed by atoms with Crippen molar-refractivity contribution in [3.05, 3.63) is 77.9 Å². The van der Waals surface area contributed by atoms with Crippen molar-refractivity contribution in [3.8, 4) is 5.69 Å². The van der Waals surface area contributed by atoms with Crippen molar-refractivity contribution in [3.63, 3.8) is 0 Å². The number of nitrogens with zero attached hydrogens (tertiary/aromatic N) is 4. The van der Waals surface area contributed by atoms with Gasteiger partial charge in [0.15, 0.2) is 0 Å². The second-order valence-corrected chi connectivity index (χ2v) is 6.44. The highest BCUT2D eigenvalue weighted by atomic mass is 15.3. The topological polar surface area (TPSA) is 34.0 Å². The zero-order valence-electron chi connectivity index (χ0n) is 14.6. The molecule has 3 rings (SSSR count). The molecule has 0 bridgehead atoms. The molecule has 0 spiro atoms. The largest absolute Gasteiger partial charge is 0.292 e. The Morgan fingerprint density at radius 1 is 1.08 bits per heavy atom.